The minimum Gasteiger partial charge on any atom is -0.382 e. The number of benzene rings is 1. The zero-order valence-electron chi connectivity index (χ0n) is 12.2. The van der Waals surface area contributed by atoms with Crippen LogP contribution in [0.1, 0.15) is 36.1 Å². The summed E-state index contributed by atoms with van der Waals surface area (Å²) < 4.78 is 5.50. The third kappa shape index (κ3) is 2.49. The fourth-order valence-electron chi connectivity index (χ4n) is 3.54. The van der Waals surface area contributed by atoms with Gasteiger partial charge < -0.3 is 10.1 Å². The van der Waals surface area contributed by atoms with E-state index in [-0.39, 0.29) is 0 Å². The summed E-state index contributed by atoms with van der Waals surface area (Å²) >= 11 is 0. The van der Waals surface area contributed by atoms with Crippen LogP contribution in [0.25, 0.3) is 0 Å². The average Bonchev–Trinajstić information content (AvgIpc) is 2.38. The molecule has 1 aromatic carbocycles. The van der Waals surface area contributed by atoms with Gasteiger partial charge in [0, 0.05) is 30.9 Å². The Labute approximate surface area is 115 Å². The van der Waals surface area contributed by atoms with E-state index < -0.39 is 0 Å². The Bertz CT molecular complexity index is 466. The Morgan fingerprint density at radius 1 is 1.21 bits per heavy atom. The SMILES string of the molecule is Cc1cc(C)c2c(c1)NC(C)CC2N1CCOCC1. The van der Waals surface area contributed by atoms with Crippen LogP contribution >= 0.6 is 0 Å². The average molecular weight is 260 g/mol. The van der Waals surface area contributed by atoms with Crippen molar-refractivity contribution in [2.75, 3.05) is 31.6 Å². The first-order valence-corrected chi connectivity index (χ1v) is 7.34. The van der Waals surface area contributed by atoms with Gasteiger partial charge in [0.2, 0.25) is 0 Å². The minimum atomic E-state index is 0.543. The third-order valence-electron chi connectivity index (χ3n) is 4.33. The number of rotatable bonds is 1. The Hall–Kier alpha value is -1.06. The lowest BCUT2D eigenvalue weighted by Gasteiger charge is -2.41. The van der Waals surface area contributed by atoms with Gasteiger partial charge in [0.1, 0.15) is 0 Å². The molecule has 3 rings (SSSR count). The highest BCUT2D eigenvalue weighted by atomic mass is 16.5. The van der Waals surface area contributed by atoms with E-state index in [0.717, 1.165) is 26.3 Å². The predicted octanol–water partition coefficient (Wildman–Crippen LogP) is 2.88. The maximum absolute atomic E-state index is 5.50. The number of anilines is 1. The molecule has 0 aromatic heterocycles. The van der Waals surface area contributed by atoms with E-state index in [2.05, 4.69) is 43.1 Å². The van der Waals surface area contributed by atoms with Gasteiger partial charge in [-0.15, -0.1) is 0 Å². The Balaban J connectivity index is 1.98. The van der Waals surface area contributed by atoms with Crippen molar-refractivity contribution < 1.29 is 4.74 Å². The Morgan fingerprint density at radius 3 is 2.68 bits per heavy atom. The number of ether oxygens (including phenoxy) is 1. The molecule has 1 aromatic rings. The largest absolute Gasteiger partial charge is 0.382 e. The van der Waals surface area contributed by atoms with Crippen LogP contribution in [0.4, 0.5) is 5.69 Å². The number of fused-ring (bicyclic) bond motifs is 1. The molecule has 0 bridgehead atoms. The molecule has 1 N–H and O–H groups in total. The Morgan fingerprint density at radius 2 is 1.95 bits per heavy atom. The molecule has 3 heteroatoms. The first-order valence-electron chi connectivity index (χ1n) is 7.34. The number of nitrogens with zero attached hydrogens (tertiary/aromatic N) is 1. The topological polar surface area (TPSA) is 24.5 Å². The molecular weight excluding hydrogens is 236 g/mol. The van der Waals surface area contributed by atoms with E-state index in [1.807, 2.05) is 0 Å². The van der Waals surface area contributed by atoms with Gasteiger partial charge in [-0.05, 0) is 49.9 Å². The van der Waals surface area contributed by atoms with Gasteiger partial charge in [0.25, 0.3) is 0 Å². The molecule has 0 amide bonds. The van der Waals surface area contributed by atoms with Crippen molar-refractivity contribution in [3.05, 3.63) is 28.8 Å². The lowest BCUT2D eigenvalue weighted by molar-refractivity contribution is 0.0126. The van der Waals surface area contributed by atoms with Crippen LogP contribution < -0.4 is 5.32 Å². The zero-order valence-corrected chi connectivity index (χ0v) is 12.2. The Kier molecular flexibility index (Phi) is 3.50. The molecule has 2 unspecified atom stereocenters. The molecule has 2 atom stereocenters. The van der Waals surface area contributed by atoms with Gasteiger partial charge in [-0.3, -0.25) is 4.90 Å². The summed E-state index contributed by atoms with van der Waals surface area (Å²) in [5, 5.41) is 3.65. The summed E-state index contributed by atoms with van der Waals surface area (Å²) in [6, 6.07) is 5.70. The molecule has 19 heavy (non-hydrogen) atoms. The van der Waals surface area contributed by atoms with Crippen LogP contribution in [0.5, 0.6) is 0 Å². The summed E-state index contributed by atoms with van der Waals surface area (Å²) in [5.74, 6) is 0. The van der Waals surface area contributed by atoms with Gasteiger partial charge in [-0.25, -0.2) is 0 Å². The van der Waals surface area contributed by atoms with E-state index in [1.54, 1.807) is 0 Å². The number of hydrogen-bond acceptors (Lipinski definition) is 3. The second kappa shape index (κ2) is 5.14. The van der Waals surface area contributed by atoms with Crippen molar-refractivity contribution in [2.24, 2.45) is 0 Å². The second-order valence-corrected chi connectivity index (χ2v) is 5.99. The van der Waals surface area contributed by atoms with E-state index in [1.165, 1.54) is 28.8 Å². The van der Waals surface area contributed by atoms with E-state index >= 15 is 0 Å². The van der Waals surface area contributed by atoms with Gasteiger partial charge >= 0.3 is 0 Å². The van der Waals surface area contributed by atoms with Crippen molar-refractivity contribution in [1.82, 2.24) is 4.90 Å². The fourth-order valence-corrected chi connectivity index (χ4v) is 3.54. The lowest BCUT2D eigenvalue weighted by atomic mass is 9.88. The van der Waals surface area contributed by atoms with E-state index in [0.29, 0.717) is 12.1 Å². The first kappa shape index (κ1) is 12.9. The highest BCUT2D eigenvalue weighted by Gasteiger charge is 2.31. The van der Waals surface area contributed by atoms with Crippen molar-refractivity contribution in [3.63, 3.8) is 0 Å². The molecule has 3 nitrogen and oxygen atoms in total. The van der Waals surface area contributed by atoms with Gasteiger partial charge in [-0.2, -0.15) is 0 Å². The predicted molar refractivity (Wildman–Crippen MR) is 78.8 cm³/mol. The maximum Gasteiger partial charge on any atom is 0.0594 e. The van der Waals surface area contributed by atoms with Crippen LogP contribution in [0, 0.1) is 13.8 Å². The number of hydrogen-bond donors (Lipinski definition) is 1. The van der Waals surface area contributed by atoms with Crippen molar-refractivity contribution >= 4 is 5.69 Å². The maximum atomic E-state index is 5.50. The molecule has 2 aliphatic heterocycles. The summed E-state index contributed by atoms with van der Waals surface area (Å²) in [5.41, 5.74) is 5.61. The van der Waals surface area contributed by atoms with Gasteiger partial charge in [0.15, 0.2) is 0 Å². The molecule has 2 aliphatic rings. The molecule has 1 fully saturated rings. The number of morpholine rings is 1. The number of nitrogens with one attached hydrogen (secondary N) is 1. The van der Waals surface area contributed by atoms with Crippen LogP contribution in [0.2, 0.25) is 0 Å². The summed E-state index contributed by atoms with van der Waals surface area (Å²) in [6.45, 7) is 10.6. The molecule has 104 valence electrons. The van der Waals surface area contributed by atoms with Gasteiger partial charge in [-0.1, -0.05) is 6.07 Å². The molecule has 0 aliphatic carbocycles. The minimum absolute atomic E-state index is 0.543. The monoisotopic (exact) mass is 260 g/mol. The summed E-state index contributed by atoms with van der Waals surface area (Å²) in [6.07, 6.45) is 1.19. The summed E-state index contributed by atoms with van der Waals surface area (Å²) in [7, 11) is 0. The smallest absolute Gasteiger partial charge is 0.0594 e. The van der Waals surface area contributed by atoms with E-state index in [9.17, 15) is 0 Å². The van der Waals surface area contributed by atoms with Crippen molar-refractivity contribution in [3.8, 4) is 0 Å². The standard InChI is InChI=1S/C16H24N2O/c1-11-8-12(2)16-14(9-11)17-13(3)10-15(16)18-4-6-19-7-5-18/h8-9,13,15,17H,4-7,10H2,1-3H3. The van der Waals surface area contributed by atoms with Crippen LogP contribution in [0.15, 0.2) is 12.1 Å². The van der Waals surface area contributed by atoms with E-state index in [4.69, 9.17) is 4.74 Å². The zero-order chi connectivity index (χ0) is 13.4. The molecule has 0 spiro atoms. The third-order valence-corrected chi connectivity index (χ3v) is 4.33. The second-order valence-electron chi connectivity index (χ2n) is 5.99. The molecular formula is C16H24N2O. The number of aryl methyl sites for hydroxylation is 2. The summed E-state index contributed by atoms with van der Waals surface area (Å²) in [4.78, 5) is 2.60. The molecule has 2 heterocycles. The van der Waals surface area contributed by atoms with Crippen molar-refractivity contribution in [1.29, 1.82) is 0 Å². The van der Waals surface area contributed by atoms with Crippen LogP contribution in [0.3, 0.4) is 0 Å². The fraction of sp³-hybridized carbons (Fsp3) is 0.625. The van der Waals surface area contributed by atoms with Gasteiger partial charge in [0.05, 0.1) is 13.2 Å². The van der Waals surface area contributed by atoms with Crippen LogP contribution in [-0.4, -0.2) is 37.2 Å². The van der Waals surface area contributed by atoms with Crippen LogP contribution in [-0.2, 0) is 4.74 Å². The lowest BCUT2D eigenvalue weighted by Crippen LogP contribution is -2.43. The molecule has 1 saturated heterocycles. The van der Waals surface area contributed by atoms with Crippen molar-refractivity contribution in [2.45, 2.75) is 39.3 Å². The quantitative estimate of drug-likeness (QED) is 0.840. The highest BCUT2D eigenvalue weighted by molar-refractivity contribution is 5.60. The molecule has 0 radical (unpaired) electrons. The normalized spacial score (nSPS) is 27.7. The molecule has 0 saturated carbocycles. The highest BCUT2D eigenvalue weighted by Crippen LogP contribution is 2.39. The first-order chi connectivity index (χ1) is 9.15.